The van der Waals surface area contributed by atoms with Gasteiger partial charge in [-0.15, -0.1) is 0 Å². The van der Waals surface area contributed by atoms with E-state index in [-0.39, 0.29) is 21.9 Å². The summed E-state index contributed by atoms with van der Waals surface area (Å²) in [5.74, 6) is 0.270. The highest BCUT2D eigenvalue weighted by Gasteiger charge is 2.31. The number of anilines is 2. The lowest BCUT2D eigenvalue weighted by molar-refractivity contribution is 0.0582. The van der Waals surface area contributed by atoms with Gasteiger partial charge in [-0.2, -0.15) is 0 Å². The summed E-state index contributed by atoms with van der Waals surface area (Å²) in [5.41, 5.74) is 3.13. The fraction of sp³-hybridized carbons (Fsp3) is 0.297. The van der Waals surface area contributed by atoms with Gasteiger partial charge in [0.25, 0.3) is 15.9 Å². The van der Waals surface area contributed by atoms with Gasteiger partial charge in [0.15, 0.2) is 0 Å². The third-order valence-corrected chi connectivity index (χ3v) is 10.9. The van der Waals surface area contributed by atoms with Crippen molar-refractivity contribution in [1.82, 2.24) is 18.8 Å². The van der Waals surface area contributed by atoms with Gasteiger partial charge in [0.2, 0.25) is 5.95 Å². The normalized spacial score (nSPS) is 15.3. The largest absolute Gasteiger partial charge is 0.443 e. The van der Waals surface area contributed by atoms with Crippen LogP contribution in [0.25, 0.3) is 22.2 Å². The average molecular weight is 713 g/mol. The van der Waals surface area contributed by atoms with Crippen LogP contribution in [0.1, 0.15) is 49.5 Å². The van der Waals surface area contributed by atoms with E-state index >= 15 is 0 Å². The minimum atomic E-state index is -3.89. The Kier molecular flexibility index (Phi) is 8.77. The molecule has 0 aliphatic carbocycles. The van der Waals surface area contributed by atoms with E-state index in [9.17, 15) is 18.0 Å². The molecule has 1 fully saturated rings. The maximum absolute atomic E-state index is 13.6. The van der Waals surface area contributed by atoms with E-state index < -0.39 is 21.7 Å². The zero-order chi connectivity index (χ0) is 35.2. The molecule has 1 N–H and O–H groups in total. The molecule has 0 atom stereocenters. The molecule has 5 aromatic rings. The number of fused-ring (bicyclic) bond motifs is 2. The number of likely N-dealkylation sites (tertiary alicyclic amines) is 1. The SMILES string of the molecule is CC(C)(C)OC(=O)N1CCc2ccc(C(=O)N3CCC(Nc4ncc(Cl)c(-c5cn(S(=O)(=O)c6ccccc6)c6ccccc56)n4)CC3)cc21. The molecule has 3 aromatic carbocycles. The van der Waals surface area contributed by atoms with Gasteiger partial charge in [-0.1, -0.05) is 54.1 Å². The maximum atomic E-state index is 13.6. The number of benzene rings is 3. The molecular formula is C37H37ClN6O5S. The molecule has 0 bridgehead atoms. The Bertz CT molecular complexity index is 2210. The number of aromatic nitrogens is 3. The number of ether oxygens (including phenoxy) is 1. The zero-order valence-electron chi connectivity index (χ0n) is 28.0. The predicted octanol–water partition coefficient (Wildman–Crippen LogP) is 7.00. The first kappa shape index (κ1) is 33.6. The standard InChI is InChI=1S/C37H37ClN6O5S/c1-37(2,3)49-36(46)43-20-15-24-13-14-25(21-32(24)43)34(45)42-18-16-26(17-19-42)40-35-39-22-30(38)33(41-35)29-23-44(31-12-8-7-11-28(29)31)50(47,48)27-9-5-4-6-10-27/h4-14,21-23,26H,15-20H2,1-3H3,(H,39,40,41). The molecule has 13 heteroatoms. The van der Waals surface area contributed by atoms with Crippen molar-refractivity contribution in [2.75, 3.05) is 29.9 Å². The van der Waals surface area contributed by atoms with Crippen molar-refractivity contribution in [2.45, 2.75) is 56.6 Å². The molecule has 2 aromatic heterocycles. The second-order valence-electron chi connectivity index (χ2n) is 13.5. The number of carbonyl (C=O) groups is 2. The summed E-state index contributed by atoms with van der Waals surface area (Å²) in [5, 5.41) is 4.37. The van der Waals surface area contributed by atoms with Crippen LogP contribution in [-0.2, 0) is 21.2 Å². The lowest BCUT2D eigenvalue weighted by Gasteiger charge is -2.32. The van der Waals surface area contributed by atoms with Crippen LogP contribution in [0.3, 0.4) is 0 Å². The topological polar surface area (TPSA) is 127 Å². The molecular weight excluding hydrogens is 676 g/mol. The summed E-state index contributed by atoms with van der Waals surface area (Å²) < 4.78 is 34.1. The number of nitrogens with one attached hydrogen (secondary N) is 1. The predicted molar refractivity (Wildman–Crippen MR) is 193 cm³/mol. The molecule has 0 unspecified atom stereocenters. The van der Waals surface area contributed by atoms with Crippen LogP contribution in [0.4, 0.5) is 16.4 Å². The summed E-state index contributed by atoms with van der Waals surface area (Å²) in [7, 11) is -3.89. The quantitative estimate of drug-likeness (QED) is 0.199. The monoisotopic (exact) mass is 712 g/mol. The molecule has 258 valence electrons. The Labute approximate surface area is 295 Å². The van der Waals surface area contributed by atoms with Crippen molar-refractivity contribution in [3.63, 3.8) is 0 Å². The average Bonchev–Trinajstić information content (AvgIpc) is 3.71. The van der Waals surface area contributed by atoms with Gasteiger partial charge in [0, 0.05) is 48.4 Å². The number of hydrogen-bond acceptors (Lipinski definition) is 8. The molecule has 7 rings (SSSR count). The van der Waals surface area contributed by atoms with E-state index in [2.05, 4.69) is 10.3 Å². The minimum absolute atomic E-state index is 0.00411. The Morgan fingerprint density at radius 2 is 1.68 bits per heavy atom. The van der Waals surface area contributed by atoms with Crippen LogP contribution in [0.2, 0.25) is 5.02 Å². The number of rotatable bonds is 6. The van der Waals surface area contributed by atoms with Gasteiger partial charge in [0.05, 0.1) is 33.0 Å². The molecule has 2 aliphatic rings. The van der Waals surface area contributed by atoms with E-state index in [0.717, 1.165) is 11.3 Å². The smallest absolute Gasteiger partial charge is 0.414 e. The molecule has 4 heterocycles. The second-order valence-corrected chi connectivity index (χ2v) is 15.7. The highest BCUT2D eigenvalue weighted by molar-refractivity contribution is 7.90. The molecule has 2 amide bonds. The van der Waals surface area contributed by atoms with Crippen LogP contribution in [0.5, 0.6) is 0 Å². The lowest BCUT2D eigenvalue weighted by Crippen LogP contribution is -2.42. The molecule has 11 nitrogen and oxygen atoms in total. The second kappa shape index (κ2) is 13.1. The summed E-state index contributed by atoms with van der Waals surface area (Å²) >= 11 is 6.63. The van der Waals surface area contributed by atoms with Gasteiger partial charge >= 0.3 is 6.09 Å². The Morgan fingerprint density at radius 1 is 0.960 bits per heavy atom. The van der Waals surface area contributed by atoms with Gasteiger partial charge in [-0.25, -0.2) is 27.2 Å². The van der Waals surface area contributed by atoms with Crippen molar-refractivity contribution in [1.29, 1.82) is 0 Å². The Hall–Kier alpha value is -4.94. The molecule has 0 spiro atoms. The van der Waals surface area contributed by atoms with Crippen LogP contribution in [0.15, 0.2) is 90.1 Å². The first-order chi connectivity index (χ1) is 23.9. The minimum Gasteiger partial charge on any atom is -0.443 e. The summed E-state index contributed by atoms with van der Waals surface area (Å²) in [6, 6.07) is 21.0. The molecule has 2 aliphatic heterocycles. The number of carbonyl (C=O) groups excluding carboxylic acids is 2. The molecule has 0 saturated carbocycles. The van der Waals surface area contributed by atoms with Gasteiger partial charge in [-0.05, 0) is 75.9 Å². The molecule has 50 heavy (non-hydrogen) atoms. The van der Waals surface area contributed by atoms with E-state index in [1.54, 1.807) is 59.6 Å². The Balaban J connectivity index is 1.06. The van der Waals surface area contributed by atoms with E-state index in [4.69, 9.17) is 21.3 Å². The fourth-order valence-corrected chi connectivity index (χ4v) is 8.06. The van der Waals surface area contributed by atoms with E-state index in [1.807, 2.05) is 49.9 Å². The number of nitrogens with zero attached hydrogens (tertiary/aromatic N) is 5. The summed E-state index contributed by atoms with van der Waals surface area (Å²) in [6.07, 6.45) is 4.69. The van der Waals surface area contributed by atoms with Crippen LogP contribution >= 0.6 is 11.6 Å². The Morgan fingerprint density at radius 3 is 2.42 bits per heavy atom. The van der Waals surface area contributed by atoms with E-state index in [1.165, 1.54) is 10.2 Å². The number of hydrogen-bond donors (Lipinski definition) is 1. The van der Waals surface area contributed by atoms with Crippen molar-refractivity contribution in [2.24, 2.45) is 0 Å². The van der Waals surface area contributed by atoms with Crippen molar-refractivity contribution in [3.8, 4) is 11.3 Å². The maximum Gasteiger partial charge on any atom is 0.414 e. The summed E-state index contributed by atoms with van der Waals surface area (Å²) in [4.78, 5) is 39.2. The lowest BCUT2D eigenvalue weighted by atomic mass is 10.0. The van der Waals surface area contributed by atoms with Crippen molar-refractivity contribution in [3.05, 3.63) is 101 Å². The highest BCUT2D eigenvalue weighted by Crippen LogP contribution is 2.36. The molecule has 1 saturated heterocycles. The number of piperidine rings is 1. The van der Waals surface area contributed by atoms with Crippen LogP contribution in [0, 0.1) is 0 Å². The highest BCUT2D eigenvalue weighted by atomic mass is 35.5. The van der Waals surface area contributed by atoms with Gasteiger partial charge < -0.3 is 15.0 Å². The van der Waals surface area contributed by atoms with Gasteiger partial charge in [-0.3, -0.25) is 9.69 Å². The van der Waals surface area contributed by atoms with Crippen LogP contribution in [-0.4, -0.2) is 70.5 Å². The molecule has 0 radical (unpaired) electrons. The fourth-order valence-electron chi connectivity index (χ4n) is 6.48. The first-order valence-electron chi connectivity index (χ1n) is 16.5. The van der Waals surface area contributed by atoms with Gasteiger partial charge in [0.1, 0.15) is 5.60 Å². The van der Waals surface area contributed by atoms with Crippen molar-refractivity contribution >= 4 is 56.2 Å². The number of halogens is 1. The third kappa shape index (κ3) is 6.52. The first-order valence-corrected chi connectivity index (χ1v) is 18.3. The summed E-state index contributed by atoms with van der Waals surface area (Å²) in [6.45, 7) is 7.06. The van der Waals surface area contributed by atoms with E-state index in [0.29, 0.717) is 72.6 Å². The third-order valence-electron chi connectivity index (χ3n) is 8.93. The number of amides is 2. The van der Waals surface area contributed by atoms with Crippen LogP contribution < -0.4 is 10.2 Å². The number of para-hydroxylation sites is 1. The zero-order valence-corrected chi connectivity index (χ0v) is 29.5. The van der Waals surface area contributed by atoms with Crippen molar-refractivity contribution < 1.29 is 22.7 Å².